The van der Waals surface area contributed by atoms with E-state index in [4.69, 9.17) is 0 Å². The van der Waals surface area contributed by atoms with E-state index in [1.54, 1.807) is 18.2 Å². The number of alkyl halides is 2. The van der Waals surface area contributed by atoms with Gasteiger partial charge in [-0.1, -0.05) is 12.1 Å². The Labute approximate surface area is 136 Å². The number of β-amino-alcohol motifs (C(OH)–C–C–N with tert-alkyl or cyclic N) is 1. The third-order valence-electron chi connectivity index (χ3n) is 3.28. The van der Waals surface area contributed by atoms with E-state index >= 15 is 0 Å². The van der Waals surface area contributed by atoms with Crippen molar-refractivity contribution < 1.29 is 18.6 Å². The first-order valence-electron chi connectivity index (χ1n) is 6.39. The number of benzene rings is 1. The summed E-state index contributed by atoms with van der Waals surface area (Å²) in [6.07, 6.45) is -0.359. The Morgan fingerprint density at radius 1 is 1.43 bits per heavy atom. The summed E-state index contributed by atoms with van der Waals surface area (Å²) in [5.41, 5.74) is 0.653. The van der Waals surface area contributed by atoms with Gasteiger partial charge in [-0.3, -0.25) is 0 Å². The van der Waals surface area contributed by atoms with Crippen LogP contribution in [-0.4, -0.2) is 37.5 Å². The number of aliphatic hydroxyl groups excluding tert-OH is 1. The molecular weight excluding hydrogens is 370 g/mol. The van der Waals surface area contributed by atoms with Crippen LogP contribution >= 0.6 is 28.3 Å². The minimum absolute atomic E-state index is 0. The van der Waals surface area contributed by atoms with Gasteiger partial charge in [-0.15, -0.1) is 12.4 Å². The van der Waals surface area contributed by atoms with E-state index in [9.17, 15) is 13.9 Å². The Hall–Kier alpha value is -0.470. The van der Waals surface area contributed by atoms with Crippen LogP contribution < -0.4 is 15.4 Å². The summed E-state index contributed by atoms with van der Waals surface area (Å²) in [7, 11) is 0. The number of ether oxygens (including phenoxy) is 1. The van der Waals surface area contributed by atoms with Crippen molar-refractivity contribution in [2.24, 2.45) is 5.92 Å². The fourth-order valence-corrected chi connectivity index (χ4v) is 2.73. The second kappa shape index (κ2) is 8.85. The maximum atomic E-state index is 12.4. The number of aliphatic hydroxyl groups is 1. The molecule has 2 rings (SSSR count). The zero-order chi connectivity index (χ0) is 14.5. The topological polar surface area (TPSA) is 53.5 Å². The van der Waals surface area contributed by atoms with Crippen LogP contribution in [0.4, 0.5) is 8.78 Å². The van der Waals surface area contributed by atoms with Crippen molar-refractivity contribution in [3.05, 3.63) is 28.2 Å². The highest BCUT2D eigenvalue weighted by Gasteiger charge is 2.24. The third kappa shape index (κ3) is 5.34. The van der Waals surface area contributed by atoms with E-state index < -0.39 is 6.61 Å². The molecule has 1 aliphatic heterocycles. The first kappa shape index (κ1) is 18.6. The SMILES string of the molecule is Cl.OC1CNCC1CNCc1cccc(Br)c1OC(F)F. The van der Waals surface area contributed by atoms with Crippen molar-refractivity contribution in [2.75, 3.05) is 19.6 Å². The van der Waals surface area contributed by atoms with Gasteiger partial charge in [0.2, 0.25) is 0 Å². The molecule has 2 unspecified atom stereocenters. The van der Waals surface area contributed by atoms with E-state index in [0.717, 1.165) is 6.54 Å². The van der Waals surface area contributed by atoms with Crippen LogP contribution in [0.5, 0.6) is 5.75 Å². The minimum atomic E-state index is -2.85. The van der Waals surface area contributed by atoms with Crippen LogP contribution in [0.25, 0.3) is 0 Å². The third-order valence-corrected chi connectivity index (χ3v) is 3.91. The molecule has 0 aromatic heterocycles. The monoisotopic (exact) mass is 386 g/mol. The van der Waals surface area contributed by atoms with Crippen LogP contribution in [0.1, 0.15) is 5.56 Å². The van der Waals surface area contributed by atoms with Gasteiger partial charge in [0.25, 0.3) is 0 Å². The molecule has 21 heavy (non-hydrogen) atoms. The fraction of sp³-hybridized carbons (Fsp3) is 0.538. The van der Waals surface area contributed by atoms with Crippen LogP contribution in [-0.2, 0) is 6.54 Å². The number of para-hydroxylation sites is 1. The lowest BCUT2D eigenvalue weighted by Crippen LogP contribution is -2.30. The molecule has 0 spiro atoms. The molecule has 120 valence electrons. The smallest absolute Gasteiger partial charge is 0.387 e. The van der Waals surface area contributed by atoms with E-state index in [1.165, 1.54) is 0 Å². The Kier molecular flexibility index (Phi) is 7.83. The van der Waals surface area contributed by atoms with Crippen LogP contribution in [0.15, 0.2) is 22.7 Å². The van der Waals surface area contributed by atoms with Gasteiger partial charge in [-0.05, 0) is 22.0 Å². The number of hydrogen-bond donors (Lipinski definition) is 3. The maximum Gasteiger partial charge on any atom is 0.387 e. The van der Waals surface area contributed by atoms with Crippen molar-refractivity contribution >= 4 is 28.3 Å². The summed E-state index contributed by atoms with van der Waals surface area (Å²) in [6.45, 7) is -0.469. The number of rotatable bonds is 6. The highest BCUT2D eigenvalue weighted by atomic mass is 79.9. The fourth-order valence-electron chi connectivity index (χ4n) is 2.23. The van der Waals surface area contributed by atoms with Gasteiger partial charge in [0.15, 0.2) is 0 Å². The molecule has 1 aromatic carbocycles. The van der Waals surface area contributed by atoms with Crippen molar-refractivity contribution in [3.63, 3.8) is 0 Å². The maximum absolute atomic E-state index is 12.4. The molecule has 1 fully saturated rings. The van der Waals surface area contributed by atoms with E-state index in [0.29, 0.717) is 29.7 Å². The second-order valence-corrected chi connectivity index (χ2v) is 5.58. The molecule has 4 nitrogen and oxygen atoms in total. The Morgan fingerprint density at radius 2 is 2.19 bits per heavy atom. The van der Waals surface area contributed by atoms with Crippen LogP contribution in [0, 0.1) is 5.92 Å². The zero-order valence-corrected chi connectivity index (χ0v) is 13.6. The molecule has 0 amide bonds. The molecule has 0 saturated carbocycles. The van der Waals surface area contributed by atoms with Gasteiger partial charge in [0, 0.05) is 37.7 Å². The second-order valence-electron chi connectivity index (χ2n) is 4.72. The quantitative estimate of drug-likeness (QED) is 0.700. The van der Waals surface area contributed by atoms with Crippen LogP contribution in [0.3, 0.4) is 0 Å². The molecule has 3 N–H and O–H groups in total. The highest BCUT2D eigenvalue weighted by molar-refractivity contribution is 9.10. The lowest BCUT2D eigenvalue weighted by atomic mass is 10.1. The van der Waals surface area contributed by atoms with Gasteiger partial charge in [-0.2, -0.15) is 8.78 Å². The number of halogens is 4. The number of hydrogen-bond acceptors (Lipinski definition) is 4. The van der Waals surface area contributed by atoms with Crippen molar-refractivity contribution in [1.29, 1.82) is 0 Å². The van der Waals surface area contributed by atoms with Gasteiger partial charge in [-0.25, -0.2) is 0 Å². The van der Waals surface area contributed by atoms with Gasteiger partial charge in [0.1, 0.15) is 5.75 Å². The summed E-state index contributed by atoms with van der Waals surface area (Å²) in [5, 5.41) is 15.9. The molecule has 0 aliphatic carbocycles. The first-order valence-corrected chi connectivity index (χ1v) is 7.19. The van der Waals surface area contributed by atoms with Gasteiger partial charge < -0.3 is 20.5 Å². The highest BCUT2D eigenvalue weighted by Crippen LogP contribution is 2.30. The molecular formula is C13H18BrClF2N2O2. The molecule has 1 aliphatic rings. The molecule has 0 bridgehead atoms. The normalized spacial score (nSPS) is 21.4. The Bertz CT molecular complexity index is 454. The predicted molar refractivity (Wildman–Crippen MR) is 82.1 cm³/mol. The summed E-state index contributed by atoms with van der Waals surface area (Å²) >= 11 is 3.21. The largest absolute Gasteiger partial charge is 0.433 e. The van der Waals surface area contributed by atoms with E-state index in [1.807, 2.05) is 0 Å². The summed E-state index contributed by atoms with van der Waals surface area (Å²) < 4.78 is 29.8. The van der Waals surface area contributed by atoms with Gasteiger partial charge in [0.05, 0.1) is 10.6 Å². The molecule has 8 heteroatoms. The standard InChI is InChI=1S/C13H17BrF2N2O2.ClH/c14-10-3-1-2-8(12(10)20-13(15)16)4-17-5-9-6-18-7-11(9)19;/h1-3,9,11,13,17-19H,4-7H2;1H. The minimum Gasteiger partial charge on any atom is -0.433 e. The average molecular weight is 388 g/mol. The predicted octanol–water partition coefficient (Wildman–Crippen LogP) is 2.14. The van der Waals surface area contributed by atoms with Crippen molar-refractivity contribution in [3.8, 4) is 5.75 Å². The Balaban J connectivity index is 0.00000220. The lowest BCUT2D eigenvalue weighted by Gasteiger charge is -2.16. The molecule has 2 atom stereocenters. The van der Waals surface area contributed by atoms with Crippen molar-refractivity contribution in [1.82, 2.24) is 10.6 Å². The first-order chi connectivity index (χ1) is 9.58. The zero-order valence-electron chi connectivity index (χ0n) is 11.2. The summed E-state index contributed by atoms with van der Waals surface area (Å²) in [4.78, 5) is 0. The lowest BCUT2D eigenvalue weighted by molar-refractivity contribution is -0.0510. The molecule has 1 heterocycles. The molecule has 0 radical (unpaired) electrons. The van der Waals surface area contributed by atoms with Crippen molar-refractivity contribution in [2.45, 2.75) is 19.3 Å². The Morgan fingerprint density at radius 3 is 2.81 bits per heavy atom. The summed E-state index contributed by atoms with van der Waals surface area (Å²) in [6, 6.07) is 5.16. The molecule has 1 saturated heterocycles. The average Bonchev–Trinajstić information content (AvgIpc) is 2.79. The number of nitrogens with one attached hydrogen (secondary N) is 2. The van der Waals surface area contributed by atoms with E-state index in [-0.39, 0.29) is 30.2 Å². The van der Waals surface area contributed by atoms with Gasteiger partial charge >= 0.3 is 6.61 Å². The van der Waals surface area contributed by atoms with Crippen LogP contribution in [0.2, 0.25) is 0 Å². The van der Waals surface area contributed by atoms with E-state index in [2.05, 4.69) is 31.3 Å². The summed E-state index contributed by atoms with van der Waals surface area (Å²) in [5.74, 6) is 0.293. The molecule has 1 aromatic rings.